The van der Waals surface area contributed by atoms with E-state index in [1.807, 2.05) is 0 Å². The zero-order chi connectivity index (χ0) is 14.5. The fourth-order valence-corrected chi connectivity index (χ4v) is 1.77. The molecule has 0 saturated carbocycles. The van der Waals surface area contributed by atoms with Crippen LogP contribution in [-0.4, -0.2) is 5.91 Å². The van der Waals surface area contributed by atoms with E-state index in [2.05, 4.69) is 11.4 Å². The Balaban J connectivity index is 2.16. The summed E-state index contributed by atoms with van der Waals surface area (Å²) >= 11 is 0. The summed E-state index contributed by atoms with van der Waals surface area (Å²) in [5.74, 6) is -1.18. The van der Waals surface area contributed by atoms with Crippen LogP contribution in [0.15, 0.2) is 42.5 Å². The van der Waals surface area contributed by atoms with E-state index in [1.165, 1.54) is 12.1 Å². The highest BCUT2D eigenvalue weighted by Crippen LogP contribution is 2.16. The van der Waals surface area contributed by atoms with Gasteiger partial charge in [-0.25, -0.2) is 4.39 Å². The van der Waals surface area contributed by atoms with Crippen molar-refractivity contribution in [3.63, 3.8) is 0 Å². The van der Waals surface area contributed by atoms with Gasteiger partial charge >= 0.3 is 0 Å². The number of amides is 1. The van der Waals surface area contributed by atoms with Crippen LogP contribution in [0.1, 0.15) is 21.5 Å². The zero-order valence-electron chi connectivity index (χ0n) is 10.6. The molecule has 20 heavy (non-hydrogen) atoms. The Morgan fingerprint density at radius 3 is 2.70 bits per heavy atom. The van der Waals surface area contributed by atoms with E-state index in [0.717, 1.165) is 6.07 Å². The number of hydrogen-bond donors (Lipinski definition) is 2. The van der Waals surface area contributed by atoms with Gasteiger partial charge in [-0.1, -0.05) is 18.2 Å². The molecule has 0 atom stereocenters. The lowest BCUT2D eigenvalue weighted by Gasteiger charge is -2.09. The fraction of sp³-hybridized carbons (Fsp3) is 0.0667. The number of halogens is 1. The third kappa shape index (κ3) is 2.93. The van der Waals surface area contributed by atoms with Crippen LogP contribution in [-0.2, 0) is 6.54 Å². The number of carbonyl (C=O) groups excluding carboxylic acids is 1. The number of rotatable bonds is 4. The molecular weight excluding hydrogens is 257 g/mol. The van der Waals surface area contributed by atoms with Gasteiger partial charge in [-0.15, -0.1) is 0 Å². The average molecular weight is 269 g/mol. The first kappa shape index (κ1) is 13.6. The lowest BCUT2D eigenvalue weighted by molar-refractivity contribution is 0.1000. The van der Waals surface area contributed by atoms with Crippen LogP contribution in [0.5, 0.6) is 0 Å². The first-order chi connectivity index (χ1) is 9.61. The molecule has 0 aliphatic heterocycles. The number of para-hydroxylation sites is 1. The molecular formula is C15H12FN3O. The topological polar surface area (TPSA) is 78.9 Å². The number of benzene rings is 2. The van der Waals surface area contributed by atoms with Crippen LogP contribution in [0.25, 0.3) is 0 Å². The van der Waals surface area contributed by atoms with Crippen molar-refractivity contribution in [3.05, 3.63) is 65.0 Å². The maximum absolute atomic E-state index is 13.8. The Morgan fingerprint density at radius 1 is 1.30 bits per heavy atom. The molecule has 0 aliphatic carbocycles. The molecule has 0 aromatic heterocycles. The van der Waals surface area contributed by atoms with E-state index in [9.17, 15) is 9.18 Å². The molecule has 0 bridgehead atoms. The first-order valence-corrected chi connectivity index (χ1v) is 5.93. The van der Waals surface area contributed by atoms with Gasteiger partial charge < -0.3 is 11.1 Å². The molecule has 3 N–H and O–H groups in total. The predicted octanol–water partition coefficient (Wildman–Crippen LogP) is 2.41. The van der Waals surface area contributed by atoms with E-state index < -0.39 is 11.7 Å². The van der Waals surface area contributed by atoms with Crippen molar-refractivity contribution in [2.24, 2.45) is 5.73 Å². The summed E-state index contributed by atoms with van der Waals surface area (Å²) in [5, 5.41) is 11.9. The second kappa shape index (κ2) is 5.85. The summed E-state index contributed by atoms with van der Waals surface area (Å²) in [6.45, 7) is 0.212. The zero-order valence-corrected chi connectivity index (χ0v) is 10.6. The van der Waals surface area contributed by atoms with Gasteiger partial charge in [0.1, 0.15) is 11.9 Å². The number of nitrogens with zero attached hydrogens (tertiary/aromatic N) is 1. The molecule has 0 spiro atoms. The Kier molecular flexibility index (Phi) is 3.96. The number of carbonyl (C=O) groups is 1. The molecule has 0 saturated heterocycles. The van der Waals surface area contributed by atoms with Crippen molar-refractivity contribution in [2.75, 3.05) is 5.32 Å². The minimum atomic E-state index is -0.668. The largest absolute Gasteiger partial charge is 0.380 e. The second-order valence-electron chi connectivity index (χ2n) is 4.18. The maximum Gasteiger partial charge on any atom is 0.248 e. The summed E-state index contributed by atoms with van der Waals surface area (Å²) in [4.78, 5) is 10.9. The molecule has 0 unspecified atom stereocenters. The summed E-state index contributed by atoms with van der Waals surface area (Å²) in [5.41, 5.74) is 6.72. The quantitative estimate of drug-likeness (QED) is 0.894. The Hall–Kier alpha value is -2.87. The van der Waals surface area contributed by atoms with E-state index in [1.54, 1.807) is 24.3 Å². The minimum Gasteiger partial charge on any atom is -0.380 e. The van der Waals surface area contributed by atoms with E-state index in [4.69, 9.17) is 11.0 Å². The fourth-order valence-electron chi connectivity index (χ4n) is 1.77. The molecule has 2 aromatic carbocycles. The SMILES string of the molecule is N#Cc1ccccc1NCc1ccc(C(N)=O)cc1F. The van der Waals surface area contributed by atoms with Crippen molar-refractivity contribution in [3.8, 4) is 6.07 Å². The van der Waals surface area contributed by atoms with Crippen molar-refractivity contribution in [1.82, 2.24) is 0 Å². The first-order valence-electron chi connectivity index (χ1n) is 5.93. The standard InChI is InChI=1S/C15H12FN3O/c16-13-7-10(15(18)20)5-6-12(13)9-19-14-4-2-1-3-11(14)8-17/h1-7,19H,9H2,(H2,18,20). The molecule has 0 aliphatic rings. The minimum absolute atomic E-state index is 0.128. The molecule has 100 valence electrons. The van der Waals surface area contributed by atoms with Gasteiger partial charge in [0.2, 0.25) is 5.91 Å². The number of nitrogens with two attached hydrogens (primary N) is 1. The van der Waals surface area contributed by atoms with Gasteiger partial charge in [-0.05, 0) is 24.3 Å². The van der Waals surface area contributed by atoms with Crippen molar-refractivity contribution >= 4 is 11.6 Å². The number of nitrogens with one attached hydrogen (secondary N) is 1. The molecule has 0 fully saturated rings. The summed E-state index contributed by atoms with van der Waals surface area (Å²) in [6, 6.07) is 13.1. The van der Waals surface area contributed by atoms with Crippen LogP contribution in [0.4, 0.5) is 10.1 Å². The second-order valence-corrected chi connectivity index (χ2v) is 4.18. The van der Waals surface area contributed by atoms with E-state index in [-0.39, 0.29) is 12.1 Å². The van der Waals surface area contributed by atoms with Crippen LogP contribution in [0.3, 0.4) is 0 Å². The monoisotopic (exact) mass is 269 g/mol. The highest BCUT2D eigenvalue weighted by molar-refractivity contribution is 5.92. The van der Waals surface area contributed by atoms with Crippen LogP contribution < -0.4 is 11.1 Å². The maximum atomic E-state index is 13.8. The Labute approximate surface area is 115 Å². The Bertz CT molecular complexity index is 692. The lowest BCUT2D eigenvalue weighted by Crippen LogP contribution is -2.12. The van der Waals surface area contributed by atoms with Crippen molar-refractivity contribution in [2.45, 2.75) is 6.54 Å². The van der Waals surface area contributed by atoms with Crippen molar-refractivity contribution < 1.29 is 9.18 Å². The number of anilines is 1. The number of primary amides is 1. The van der Waals surface area contributed by atoms with Gasteiger partial charge in [0.15, 0.2) is 0 Å². The van der Waals surface area contributed by atoms with Crippen LogP contribution in [0, 0.1) is 17.1 Å². The summed E-state index contributed by atoms with van der Waals surface area (Å²) in [7, 11) is 0. The molecule has 4 nitrogen and oxygen atoms in total. The van der Waals surface area contributed by atoms with Gasteiger partial charge in [-0.2, -0.15) is 5.26 Å². The van der Waals surface area contributed by atoms with Gasteiger partial charge in [0.05, 0.1) is 11.3 Å². The average Bonchev–Trinajstić information content (AvgIpc) is 2.46. The van der Waals surface area contributed by atoms with Crippen molar-refractivity contribution in [1.29, 1.82) is 5.26 Å². The molecule has 0 radical (unpaired) electrons. The smallest absolute Gasteiger partial charge is 0.248 e. The van der Waals surface area contributed by atoms with E-state index in [0.29, 0.717) is 16.8 Å². The number of nitriles is 1. The summed E-state index contributed by atoms with van der Waals surface area (Å²) < 4.78 is 13.8. The molecule has 1 amide bonds. The van der Waals surface area contributed by atoms with Crippen LogP contribution >= 0.6 is 0 Å². The van der Waals surface area contributed by atoms with Gasteiger partial charge in [0.25, 0.3) is 0 Å². The van der Waals surface area contributed by atoms with Crippen LogP contribution in [0.2, 0.25) is 0 Å². The van der Waals surface area contributed by atoms with Gasteiger partial charge in [0, 0.05) is 17.7 Å². The highest BCUT2D eigenvalue weighted by atomic mass is 19.1. The molecule has 2 aromatic rings. The summed E-state index contributed by atoms with van der Waals surface area (Å²) in [6.07, 6.45) is 0. The third-order valence-corrected chi connectivity index (χ3v) is 2.85. The highest BCUT2D eigenvalue weighted by Gasteiger charge is 2.07. The van der Waals surface area contributed by atoms with Gasteiger partial charge in [-0.3, -0.25) is 4.79 Å². The van der Waals surface area contributed by atoms with E-state index >= 15 is 0 Å². The predicted molar refractivity (Wildman–Crippen MR) is 73.4 cm³/mol. The Morgan fingerprint density at radius 2 is 2.05 bits per heavy atom. The molecule has 2 rings (SSSR count). The third-order valence-electron chi connectivity index (χ3n) is 2.85. The molecule has 5 heteroatoms. The molecule has 0 heterocycles. The normalized spacial score (nSPS) is 9.80. The lowest BCUT2D eigenvalue weighted by atomic mass is 10.1. The number of hydrogen-bond acceptors (Lipinski definition) is 3.